The molecule has 0 saturated heterocycles. The zero-order valence-electron chi connectivity index (χ0n) is 7.77. The molecule has 0 unspecified atom stereocenters. The third kappa shape index (κ3) is 1.09. The topological polar surface area (TPSA) is 29.9 Å². The first-order valence-corrected chi connectivity index (χ1v) is 4.78. The lowest BCUT2D eigenvalue weighted by Crippen LogP contribution is -1.93. The van der Waals surface area contributed by atoms with Crippen LogP contribution in [0.1, 0.15) is 5.56 Å². The molecule has 2 heterocycles. The second-order valence-electron chi connectivity index (χ2n) is 3.49. The van der Waals surface area contributed by atoms with Crippen LogP contribution in [0.5, 0.6) is 0 Å². The van der Waals surface area contributed by atoms with Gasteiger partial charge in [0.05, 0.1) is 6.33 Å². The summed E-state index contributed by atoms with van der Waals surface area (Å²) in [6.45, 7) is 1.06. The van der Waals surface area contributed by atoms with Gasteiger partial charge in [0.1, 0.15) is 0 Å². The Morgan fingerprint density at radius 1 is 1.36 bits per heavy atom. The van der Waals surface area contributed by atoms with Gasteiger partial charge in [0.25, 0.3) is 0 Å². The van der Waals surface area contributed by atoms with Crippen LogP contribution in [0.3, 0.4) is 0 Å². The van der Waals surface area contributed by atoms with Crippen LogP contribution in [0.2, 0.25) is 0 Å². The lowest BCUT2D eigenvalue weighted by molar-refractivity contribution is 1.06. The van der Waals surface area contributed by atoms with Crippen LogP contribution in [-0.4, -0.2) is 16.1 Å². The third-order valence-corrected chi connectivity index (χ3v) is 2.61. The SMILES string of the molecule is c1cn(-c2ccc3c(c2)NCC3)cn1. The smallest absolute Gasteiger partial charge is 0.0991 e. The van der Waals surface area contributed by atoms with Crippen molar-refractivity contribution in [3.63, 3.8) is 0 Å². The summed E-state index contributed by atoms with van der Waals surface area (Å²) in [5.74, 6) is 0. The van der Waals surface area contributed by atoms with Crippen molar-refractivity contribution < 1.29 is 0 Å². The molecule has 1 N–H and O–H groups in total. The van der Waals surface area contributed by atoms with E-state index >= 15 is 0 Å². The fourth-order valence-electron chi connectivity index (χ4n) is 1.85. The van der Waals surface area contributed by atoms with E-state index in [1.54, 1.807) is 6.20 Å². The quantitative estimate of drug-likeness (QED) is 0.734. The minimum absolute atomic E-state index is 1.06. The molecule has 0 atom stereocenters. The Balaban J connectivity index is 2.09. The molecule has 1 aliphatic heterocycles. The Hall–Kier alpha value is -1.77. The van der Waals surface area contributed by atoms with E-state index in [4.69, 9.17) is 0 Å². The second kappa shape index (κ2) is 2.87. The number of hydrogen-bond acceptors (Lipinski definition) is 2. The Bertz CT molecular complexity index is 446. The van der Waals surface area contributed by atoms with Crippen LogP contribution in [0.25, 0.3) is 5.69 Å². The molecule has 3 heteroatoms. The highest BCUT2D eigenvalue weighted by Crippen LogP contribution is 2.24. The minimum Gasteiger partial charge on any atom is -0.384 e. The number of nitrogens with one attached hydrogen (secondary N) is 1. The summed E-state index contributed by atoms with van der Waals surface area (Å²) in [6, 6.07) is 6.49. The number of nitrogens with zero attached hydrogens (tertiary/aromatic N) is 2. The zero-order chi connectivity index (χ0) is 9.38. The zero-order valence-corrected chi connectivity index (χ0v) is 7.77. The molecule has 14 heavy (non-hydrogen) atoms. The molecule has 0 radical (unpaired) electrons. The van der Waals surface area contributed by atoms with Crippen molar-refractivity contribution in [1.82, 2.24) is 9.55 Å². The van der Waals surface area contributed by atoms with Crippen LogP contribution < -0.4 is 5.32 Å². The second-order valence-corrected chi connectivity index (χ2v) is 3.49. The van der Waals surface area contributed by atoms with Crippen LogP contribution in [-0.2, 0) is 6.42 Å². The van der Waals surface area contributed by atoms with Gasteiger partial charge < -0.3 is 9.88 Å². The summed E-state index contributed by atoms with van der Waals surface area (Å²) in [5.41, 5.74) is 3.83. The van der Waals surface area contributed by atoms with Crippen molar-refractivity contribution in [3.8, 4) is 5.69 Å². The van der Waals surface area contributed by atoms with Crippen molar-refractivity contribution in [1.29, 1.82) is 0 Å². The Morgan fingerprint density at radius 3 is 3.21 bits per heavy atom. The van der Waals surface area contributed by atoms with Gasteiger partial charge in [-0.1, -0.05) is 6.07 Å². The van der Waals surface area contributed by atoms with Crippen LogP contribution in [0.15, 0.2) is 36.9 Å². The summed E-state index contributed by atoms with van der Waals surface area (Å²) in [7, 11) is 0. The number of aromatic nitrogens is 2. The molecule has 2 aromatic rings. The highest BCUT2D eigenvalue weighted by atomic mass is 15.0. The van der Waals surface area contributed by atoms with Gasteiger partial charge in [-0.3, -0.25) is 0 Å². The molecular formula is C11H11N3. The first kappa shape index (κ1) is 7.62. The van der Waals surface area contributed by atoms with Crippen molar-refractivity contribution in [3.05, 3.63) is 42.5 Å². The lowest BCUT2D eigenvalue weighted by Gasteiger charge is -2.05. The van der Waals surface area contributed by atoms with E-state index in [0.717, 1.165) is 18.7 Å². The van der Waals surface area contributed by atoms with Crippen LogP contribution in [0, 0.1) is 0 Å². The van der Waals surface area contributed by atoms with Gasteiger partial charge in [-0.2, -0.15) is 0 Å². The number of rotatable bonds is 1. The largest absolute Gasteiger partial charge is 0.384 e. The van der Waals surface area contributed by atoms with Gasteiger partial charge in [0, 0.05) is 30.3 Å². The summed E-state index contributed by atoms with van der Waals surface area (Å²) >= 11 is 0. The van der Waals surface area contributed by atoms with E-state index in [0.29, 0.717) is 0 Å². The van der Waals surface area contributed by atoms with Crippen molar-refractivity contribution in [2.45, 2.75) is 6.42 Å². The van der Waals surface area contributed by atoms with Crippen molar-refractivity contribution >= 4 is 5.69 Å². The fourth-order valence-corrected chi connectivity index (χ4v) is 1.85. The summed E-state index contributed by atoms with van der Waals surface area (Å²) in [6.07, 6.45) is 6.70. The minimum atomic E-state index is 1.06. The van der Waals surface area contributed by atoms with Gasteiger partial charge in [-0.25, -0.2) is 4.98 Å². The van der Waals surface area contributed by atoms with Crippen molar-refractivity contribution in [2.24, 2.45) is 0 Å². The highest BCUT2D eigenvalue weighted by molar-refractivity contribution is 5.60. The van der Waals surface area contributed by atoms with Crippen LogP contribution >= 0.6 is 0 Å². The van der Waals surface area contributed by atoms with Crippen molar-refractivity contribution in [2.75, 3.05) is 11.9 Å². The molecule has 0 fully saturated rings. The maximum absolute atomic E-state index is 4.03. The number of benzene rings is 1. The van der Waals surface area contributed by atoms with Gasteiger partial charge in [-0.15, -0.1) is 0 Å². The normalized spacial score (nSPS) is 13.7. The molecule has 0 saturated carbocycles. The summed E-state index contributed by atoms with van der Waals surface area (Å²) in [4.78, 5) is 4.03. The molecule has 0 aliphatic carbocycles. The summed E-state index contributed by atoms with van der Waals surface area (Å²) in [5, 5.41) is 3.37. The highest BCUT2D eigenvalue weighted by Gasteiger charge is 2.09. The molecular weight excluding hydrogens is 174 g/mol. The first-order chi connectivity index (χ1) is 6.93. The number of imidazole rings is 1. The average molecular weight is 185 g/mol. The Morgan fingerprint density at radius 2 is 2.36 bits per heavy atom. The molecule has 1 aromatic heterocycles. The molecule has 3 rings (SSSR count). The fraction of sp³-hybridized carbons (Fsp3) is 0.182. The molecule has 3 nitrogen and oxygen atoms in total. The lowest BCUT2D eigenvalue weighted by atomic mass is 10.1. The van der Waals surface area contributed by atoms with Gasteiger partial charge in [0.15, 0.2) is 0 Å². The van der Waals surface area contributed by atoms with E-state index in [2.05, 4.69) is 28.5 Å². The van der Waals surface area contributed by atoms with Gasteiger partial charge >= 0.3 is 0 Å². The molecule has 0 amide bonds. The molecule has 1 aromatic carbocycles. The average Bonchev–Trinajstić information content (AvgIpc) is 2.88. The Kier molecular flexibility index (Phi) is 1.56. The maximum atomic E-state index is 4.03. The third-order valence-electron chi connectivity index (χ3n) is 2.61. The number of fused-ring (bicyclic) bond motifs is 1. The summed E-state index contributed by atoms with van der Waals surface area (Å²) < 4.78 is 2.01. The van der Waals surface area contributed by atoms with E-state index < -0.39 is 0 Å². The van der Waals surface area contributed by atoms with E-state index in [1.807, 2.05) is 17.1 Å². The molecule has 70 valence electrons. The predicted octanol–water partition coefficient (Wildman–Crippen LogP) is 1.84. The van der Waals surface area contributed by atoms with Gasteiger partial charge in [-0.05, 0) is 24.1 Å². The Labute approximate surface area is 82.4 Å². The number of hydrogen-bond donors (Lipinski definition) is 1. The standard InChI is InChI=1S/C11H11N3/c1-2-10(14-6-5-12-8-14)7-11-9(1)3-4-13-11/h1-2,5-8,13H,3-4H2. The molecule has 0 bridgehead atoms. The van der Waals surface area contributed by atoms with E-state index in [-0.39, 0.29) is 0 Å². The van der Waals surface area contributed by atoms with E-state index in [1.165, 1.54) is 11.3 Å². The maximum Gasteiger partial charge on any atom is 0.0991 e. The van der Waals surface area contributed by atoms with Crippen LogP contribution in [0.4, 0.5) is 5.69 Å². The monoisotopic (exact) mass is 185 g/mol. The molecule has 0 spiro atoms. The van der Waals surface area contributed by atoms with E-state index in [9.17, 15) is 0 Å². The predicted molar refractivity (Wildman–Crippen MR) is 55.8 cm³/mol. The first-order valence-electron chi connectivity index (χ1n) is 4.78. The van der Waals surface area contributed by atoms with Gasteiger partial charge in [0.2, 0.25) is 0 Å². The molecule has 1 aliphatic rings. The number of anilines is 1.